The normalized spacial score (nSPS) is 16.7. The molecular weight excluding hydrogens is 174 g/mol. The van der Waals surface area contributed by atoms with E-state index in [1.807, 2.05) is 0 Å². The van der Waals surface area contributed by atoms with Gasteiger partial charge >= 0.3 is 0 Å². The van der Waals surface area contributed by atoms with Gasteiger partial charge in [-0.1, -0.05) is 27.2 Å². The fourth-order valence-electron chi connectivity index (χ4n) is 2.10. The van der Waals surface area contributed by atoms with Crippen LogP contribution in [0.4, 0.5) is 0 Å². The lowest BCUT2D eigenvalue weighted by atomic mass is 9.85. The third-order valence-electron chi connectivity index (χ3n) is 3.01. The van der Waals surface area contributed by atoms with Crippen LogP contribution in [0.15, 0.2) is 0 Å². The predicted molar refractivity (Wildman–Crippen MR) is 62.6 cm³/mol. The van der Waals surface area contributed by atoms with Crippen LogP contribution in [0.3, 0.4) is 0 Å². The van der Waals surface area contributed by atoms with Crippen LogP contribution in [0.5, 0.6) is 0 Å². The monoisotopic (exact) mass is 201 g/mol. The third kappa shape index (κ3) is 3.97. The topological polar surface area (TPSA) is 21.3 Å². The van der Waals surface area contributed by atoms with Gasteiger partial charge in [0.25, 0.3) is 0 Å². The van der Waals surface area contributed by atoms with Crippen molar-refractivity contribution in [1.82, 2.24) is 5.32 Å². The van der Waals surface area contributed by atoms with E-state index in [0.717, 1.165) is 6.54 Å². The Morgan fingerprint density at radius 3 is 2.21 bits per heavy atom. The number of nitrogens with one attached hydrogen (secondary N) is 1. The summed E-state index contributed by atoms with van der Waals surface area (Å²) >= 11 is 0. The first-order chi connectivity index (χ1) is 6.49. The number of hydrogen-bond acceptors (Lipinski definition) is 2. The number of methoxy groups -OCH3 is 1. The lowest BCUT2D eigenvalue weighted by Crippen LogP contribution is -2.51. The van der Waals surface area contributed by atoms with Gasteiger partial charge in [0.1, 0.15) is 0 Å². The van der Waals surface area contributed by atoms with E-state index in [1.54, 1.807) is 7.11 Å². The molecule has 2 unspecified atom stereocenters. The van der Waals surface area contributed by atoms with Crippen LogP contribution in [-0.2, 0) is 4.74 Å². The van der Waals surface area contributed by atoms with Gasteiger partial charge in [-0.05, 0) is 32.7 Å². The van der Waals surface area contributed by atoms with Crippen LogP contribution in [0.25, 0.3) is 0 Å². The molecule has 14 heavy (non-hydrogen) atoms. The SMILES string of the molecule is CCCC(C)C(NCC)C(C)(C)OC. The second-order valence-corrected chi connectivity index (χ2v) is 4.61. The lowest BCUT2D eigenvalue weighted by Gasteiger charge is -2.37. The summed E-state index contributed by atoms with van der Waals surface area (Å²) in [5, 5.41) is 3.53. The summed E-state index contributed by atoms with van der Waals surface area (Å²) in [5.74, 6) is 0.662. The van der Waals surface area contributed by atoms with E-state index in [2.05, 4.69) is 39.9 Å². The van der Waals surface area contributed by atoms with Gasteiger partial charge in [-0.3, -0.25) is 0 Å². The van der Waals surface area contributed by atoms with Gasteiger partial charge in [-0.25, -0.2) is 0 Å². The molecule has 0 rings (SSSR count). The van der Waals surface area contributed by atoms with Crippen molar-refractivity contribution in [2.24, 2.45) is 5.92 Å². The largest absolute Gasteiger partial charge is 0.377 e. The van der Waals surface area contributed by atoms with Crippen LogP contribution in [0.1, 0.15) is 47.5 Å². The molecule has 0 aromatic carbocycles. The lowest BCUT2D eigenvalue weighted by molar-refractivity contribution is -0.0261. The van der Waals surface area contributed by atoms with Gasteiger partial charge in [-0.15, -0.1) is 0 Å². The highest BCUT2D eigenvalue weighted by atomic mass is 16.5. The first kappa shape index (κ1) is 13.9. The summed E-state index contributed by atoms with van der Waals surface area (Å²) in [4.78, 5) is 0. The molecule has 2 atom stereocenters. The van der Waals surface area contributed by atoms with Gasteiger partial charge in [-0.2, -0.15) is 0 Å². The molecule has 0 spiro atoms. The molecule has 0 saturated heterocycles. The van der Waals surface area contributed by atoms with E-state index >= 15 is 0 Å². The maximum absolute atomic E-state index is 5.56. The zero-order chi connectivity index (χ0) is 11.2. The van der Waals surface area contributed by atoms with Gasteiger partial charge in [0.2, 0.25) is 0 Å². The maximum atomic E-state index is 5.56. The van der Waals surface area contributed by atoms with Crippen molar-refractivity contribution in [2.75, 3.05) is 13.7 Å². The van der Waals surface area contributed by atoms with Crippen molar-refractivity contribution in [3.05, 3.63) is 0 Å². The highest BCUT2D eigenvalue weighted by Gasteiger charge is 2.32. The highest BCUT2D eigenvalue weighted by molar-refractivity contribution is 4.88. The number of hydrogen-bond donors (Lipinski definition) is 1. The molecule has 0 fully saturated rings. The van der Waals surface area contributed by atoms with Crippen molar-refractivity contribution in [1.29, 1.82) is 0 Å². The Morgan fingerprint density at radius 2 is 1.86 bits per heavy atom. The summed E-state index contributed by atoms with van der Waals surface area (Å²) in [6, 6.07) is 0.442. The molecule has 0 heterocycles. The Hall–Kier alpha value is -0.0800. The Labute approximate surface area is 89.4 Å². The smallest absolute Gasteiger partial charge is 0.0777 e. The molecule has 0 aliphatic carbocycles. The van der Waals surface area contributed by atoms with E-state index in [1.165, 1.54) is 12.8 Å². The average molecular weight is 201 g/mol. The molecule has 0 amide bonds. The van der Waals surface area contributed by atoms with E-state index in [0.29, 0.717) is 12.0 Å². The minimum absolute atomic E-state index is 0.0788. The van der Waals surface area contributed by atoms with E-state index in [9.17, 15) is 0 Å². The molecule has 0 aromatic rings. The molecule has 1 N–H and O–H groups in total. The molecule has 2 nitrogen and oxygen atoms in total. The van der Waals surface area contributed by atoms with Crippen LogP contribution >= 0.6 is 0 Å². The summed E-state index contributed by atoms with van der Waals surface area (Å²) in [5.41, 5.74) is -0.0788. The van der Waals surface area contributed by atoms with E-state index in [-0.39, 0.29) is 5.60 Å². The number of ether oxygens (including phenoxy) is 1. The Bertz CT molecular complexity index is 145. The van der Waals surface area contributed by atoms with Gasteiger partial charge in [0, 0.05) is 13.2 Å². The van der Waals surface area contributed by atoms with Crippen molar-refractivity contribution >= 4 is 0 Å². The predicted octanol–water partition coefficient (Wildman–Crippen LogP) is 2.83. The second-order valence-electron chi connectivity index (χ2n) is 4.61. The quantitative estimate of drug-likeness (QED) is 0.684. The van der Waals surface area contributed by atoms with Gasteiger partial charge in [0.05, 0.1) is 5.60 Å². The minimum Gasteiger partial charge on any atom is -0.377 e. The molecule has 0 aliphatic rings. The Balaban J connectivity index is 4.40. The van der Waals surface area contributed by atoms with Crippen molar-refractivity contribution in [2.45, 2.75) is 59.1 Å². The highest BCUT2D eigenvalue weighted by Crippen LogP contribution is 2.23. The van der Waals surface area contributed by atoms with Crippen molar-refractivity contribution in [3.63, 3.8) is 0 Å². The standard InChI is InChI=1S/C12H27NO/c1-7-9-10(3)11(13-8-2)12(4,5)14-6/h10-11,13H,7-9H2,1-6H3. The third-order valence-corrected chi connectivity index (χ3v) is 3.01. The first-order valence-corrected chi connectivity index (χ1v) is 5.78. The van der Waals surface area contributed by atoms with Crippen LogP contribution in [0, 0.1) is 5.92 Å². The Kier molecular flexibility index (Phi) is 6.38. The van der Waals surface area contributed by atoms with E-state index < -0.39 is 0 Å². The fourth-order valence-corrected chi connectivity index (χ4v) is 2.10. The molecule has 0 aromatic heterocycles. The van der Waals surface area contributed by atoms with Crippen LogP contribution in [-0.4, -0.2) is 25.3 Å². The number of rotatable bonds is 7. The zero-order valence-corrected chi connectivity index (χ0v) is 10.7. The summed E-state index contributed by atoms with van der Waals surface area (Å²) < 4.78 is 5.56. The first-order valence-electron chi connectivity index (χ1n) is 5.78. The van der Waals surface area contributed by atoms with Crippen LogP contribution < -0.4 is 5.32 Å². The molecule has 2 heteroatoms. The Morgan fingerprint density at radius 1 is 1.29 bits per heavy atom. The minimum atomic E-state index is -0.0788. The molecule has 0 saturated carbocycles. The van der Waals surface area contributed by atoms with Gasteiger partial charge < -0.3 is 10.1 Å². The second kappa shape index (κ2) is 6.41. The summed E-state index contributed by atoms with van der Waals surface area (Å²) in [6.07, 6.45) is 2.49. The molecule has 0 bridgehead atoms. The van der Waals surface area contributed by atoms with E-state index in [4.69, 9.17) is 4.74 Å². The average Bonchev–Trinajstić information content (AvgIpc) is 2.14. The van der Waals surface area contributed by atoms with Crippen LogP contribution in [0.2, 0.25) is 0 Å². The fraction of sp³-hybridized carbons (Fsp3) is 1.00. The molecule has 86 valence electrons. The summed E-state index contributed by atoms with van der Waals surface area (Å²) in [7, 11) is 1.79. The molecular formula is C12H27NO. The molecule has 0 radical (unpaired) electrons. The molecule has 0 aliphatic heterocycles. The van der Waals surface area contributed by atoms with Crippen molar-refractivity contribution in [3.8, 4) is 0 Å². The van der Waals surface area contributed by atoms with Crippen molar-refractivity contribution < 1.29 is 4.74 Å². The maximum Gasteiger partial charge on any atom is 0.0777 e. The zero-order valence-electron chi connectivity index (χ0n) is 10.7. The van der Waals surface area contributed by atoms with Gasteiger partial charge in [0.15, 0.2) is 0 Å². The summed E-state index contributed by atoms with van der Waals surface area (Å²) in [6.45, 7) is 12.0. The number of likely N-dealkylation sites (N-methyl/N-ethyl adjacent to an activating group) is 1.